The van der Waals surface area contributed by atoms with Crippen LogP contribution in [0.15, 0.2) is 36.5 Å². The second-order valence-corrected chi connectivity index (χ2v) is 5.28. The predicted octanol–water partition coefficient (Wildman–Crippen LogP) is 4.35. The van der Waals surface area contributed by atoms with Gasteiger partial charge in [0.05, 0.1) is 5.39 Å². The molecule has 4 nitrogen and oxygen atoms in total. The Labute approximate surface area is 124 Å². The number of benzene rings is 1. The number of nitrogens with one attached hydrogen (secondary N) is 2. The zero-order chi connectivity index (χ0) is 14.7. The van der Waals surface area contributed by atoms with Gasteiger partial charge in [-0.2, -0.15) is 0 Å². The molecule has 0 radical (unpaired) electrons. The molecule has 108 valence electrons. The Balaban J connectivity index is 1.83. The summed E-state index contributed by atoms with van der Waals surface area (Å²) in [5, 5.41) is 4.40. The molecule has 0 saturated heterocycles. The minimum absolute atomic E-state index is 0.756. The molecule has 2 N–H and O–H groups in total. The van der Waals surface area contributed by atoms with Crippen LogP contribution < -0.4 is 5.32 Å². The number of anilines is 2. The molecule has 0 saturated carbocycles. The van der Waals surface area contributed by atoms with Crippen LogP contribution in [-0.4, -0.2) is 15.0 Å². The summed E-state index contributed by atoms with van der Waals surface area (Å²) >= 11 is 0. The van der Waals surface area contributed by atoms with Gasteiger partial charge in [-0.3, -0.25) is 0 Å². The van der Waals surface area contributed by atoms with Crippen LogP contribution in [0.2, 0.25) is 0 Å². The van der Waals surface area contributed by atoms with Crippen LogP contribution in [0, 0.1) is 6.92 Å². The van der Waals surface area contributed by atoms with E-state index in [9.17, 15) is 0 Å². The fourth-order valence-corrected chi connectivity index (χ4v) is 2.42. The summed E-state index contributed by atoms with van der Waals surface area (Å²) in [4.78, 5) is 12.0. The third-order valence-electron chi connectivity index (χ3n) is 3.56. The quantitative estimate of drug-likeness (QED) is 0.730. The van der Waals surface area contributed by atoms with Crippen molar-refractivity contribution in [3.8, 4) is 0 Å². The monoisotopic (exact) mass is 280 g/mol. The highest BCUT2D eigenvalue weighted by Gasteiger charge is 2.06. The van der Waals surface area contributed by atoms with Crippen molar-refractivity contribution in [3.05, 3.63) is 47.9 Å². The van der Waals surface area contributed by atoms with Gasteiger partial charge in [0.25, 0.3) is 0 Å². The molecule has 3 aromatic rings. The summed E-state index contributed by atoms with van der Waals surface area (Å²) < 4.78 is 0. The Hall–Kier alpha value is -2.36. The molecule has 0 amide bonds. The number of hydrogen-bond donors (Lipinski definition) is 2. The van der Waals surface area contributed by atoms with Gasteiger partial charge in [0.15, 0.2) is 0 Å². The van der Waals surface area contributed by atoms with Gasteiger partial charge in [0.1, 0.15) is 17.3 Å². The number of fused-ring (bicyclic) bond motifs is 1. The zero-order valence-corrected chi connectivity index (χ0v) is 12.5. The van der Waals surface area contributed by atoms with Crippen molar-refractivity contribution in [1.29, 1.82) is 0 Å². The van der Waals surface area contributed by atoms with Gasteiger partial charge in [0, 0.05) is 11.9 Å². The molecule has 0 atom stereocenters. The van der Waals surface area contributed by atoms with Gasteiger partial charge in [-0.05, 0) is 43.5 Å². The molecule has 3 rings (SSSR count). The maximum atomic E-state index is 4.50. The highest BCUT2D eigenvalue weighted by molar-refractivity contribution is 5.88. The van der Waals surface area contributed by atoms with Crippen LogP contribution in [0.4, 0.5) is 11.5 Å². The van der Waals surface area contributed by atoms with E-state index in [1.807, 2.05) is 19.2 Å². The van der Waals surface area contributed by atoms with Gasteiger partial charge >= 0.3 is 0 Å². The minimum Gasteiger partial charge on any atom is -0.346 e. The Morgan fingerprint density at radius 3 is 2.67 bits per heavy atom. The summed E-state index contributed by atoms with van der Waals surface area (Å²) in [6.07, 6.45) is 5.50. The van der Waals surface area contributed by atoms with Crippen molar-refractivity contribution < 1.29 is 0 Å². The van der Waals surface area contributed by atoms with E-state index in [1.165, 1.54) is 18.4 Å². The van der Waals surface area contributed by atoms with Gasteiger partial charge in [-0.25, -0.2) is 9.97 Å². The first-order valence-electron chi connectivity index (χ1n) is 7.44. The van der Waals surface area contributed by atoms with Crippen molar-refractivity contribution in [3.63, 3.8) is 0 Å². The molecule has 0 unspecified atom stereocenters. The molecular formula is C17H20N4. The van der Waals surface area contributed by atoms with Crippen LogP contribution in [0.3, 0.4) is 0 Å². The lowest BCUT2D eigenvalue weighted by molar-refractivity contribution is 0.795. The van der Waals surface area contributed by atoms with Crippen molar-refractivity contribution in [1.82, 2.24) is 15.0 Å². The topological polar surface area (TPSA) is 53.6 Å². The third-order valence-corrected chi connectivity index (χ3v) is 3.56. The zero-order valence-electron chi connectivity index (χ0n) is 12.5. The number of unbranched alkanes of at least 4 members (excludes halogenated alkanes) is 1. The average Bonchev–Trinajstić information content (AvgIpc) is 2.95. The number of aromatic nitrogens is 3. The number of hydrogen-bond acceptors (Lipinski definition) is 3. The molecule has 0 fully saturated rings. The van der Waals surface area contributed by atoms with Crippen molar-refractivity contribution >= 4 is 22.5 Å². The van der Waals surface area contributed by atoms with Gasteiger partial charge in [-0.15, -0.1) is 0 Å². The van der Waals surface area contributed by atoms with Crippen LogP contribution in [0.5, 0.6) is 0 Å². The molecule has 2 heterocycles. The van der Waals surface area contributed by atoms with E-state index < -0.39 is 0 Å². The van der Waals surface area contributed by atoms with Crippen molar-refractivity contribution in [2.75, 3.05) is 5.32 Å². The summed E-state index contributed by atoms with van der Waals surface area (Å²) in [7, 11) is 0. The van der Waals surface area contributed by atoms with Gasteiger partial charge in [0.2, 0.25) is 0 Å². The second-order valence-electron chi connectivity index (χ2n) is 5.28. The summed E-state index contributed by atoms with van der Waals surface area (Å²) in [5.41, 5.74) is 3.30. The standard InChI is InChI=1S/C17H20N4/c1-3-4-5-13-6-8-14(9-7-13)21-17-15-10-11-18-16(15)19-12(2)20-17/h6-11H,3-5H2,1-2H3,(H2,18,19,20,21). The van der Waals surface area contributed by atoms with E-state index in [1.54, 1.807) is 0 Å². The first kappa shape index (κ1) is 13.6. The van der Waals surface area contributed by atoms with Gasteiger partial charge in [-0.1, -0.05) is 25.5 Å². The Kier molecular flexibility index (Phi) is 3.86. The third kappa shape index (κ3) is 3.05. The van der Waals surface area contributed by atoms with E-state index >= 15 is 0 Å². The summed E-state index contributed by atoms with van der Waals surface area (Å²) in [6.45, 7) is 4.12. The molecular weight excluding hydrogens is 260 g/mol. The number of nitrogens with zero attached hydrogens (tertiary/aromatic N) is 2. The lowest BCUT2D eigenvalue weighted by Crippen LogP contribution is -1.98. The molecule has 0 aliphatic carbocycles. The second kappa shape index (κ2) is 5.95. The molecule has 0 bridgehead atoms. The lowest BCUT2D eigenvalue weighted by atomic mass is 10.1. The number of H-pyrrole nitrogens is 1. The van der Waals surface area contributed by atoms with E-state index in [-0.39, 0.29) is 0 Å². The van der Waals surface area contributed by atoms with Crippen LogP contribution in [-0.2, 0) is 6.42 Å². The maximum absolute atomic E-state index is 4.50. The molecule has 2 aromatic heterocycles. The maximum Gasteiger partial charge on any atom is 0.143 e. The SMILES string of the molecule is CCCCc1ccc(Nc2nc(C)nc3[nH]ccc23)cc1. The number of aromatic amines is 1. The molecule has 0 aliphatic rings. The smallest absolute Gasteiger partial charge is 0.143 e. The predicted molar refractivity (Wildman–Crippen MR) is 87.0 cm³/mol. The average molecular weight is 280 g/mol. The van der Waals surface area contributed by atoms with E-state index in [2.05, 4.69) is 51.5 Å². The summed E-state index contributed by atoms with van der Waals surface area (Å²) in [5.74, 6) is 1.60. The Bertz CT molecular complexity index is 728. The fourth-order valence-electron chi connectivity index (χ4n) is 2.42. The first-order valence-corrected chi connectivity index (χ1v) is 7.44. The van der Waals surface area contributed by atoms with Crippen LogP contribution >= 0.6 is 0 Å². The number of rotatable bonds is 5. The first-order chi connectivity index (χ1) is 10.3. The molecule has 4 heteroatoms. The fraction of sp³-hybridized carbons (Fsp3) is 0.294. The van der Waals surface area contributed by atoms with E-state index in [0.29, 0.717) is 0 Å². The highest BCUT2D eigenvalue weighted by Crippen LogP contribution is 2.23. The van der Waals surface area contributed by atoms with Crippen molar-refractivity contribution in [2.24, 2.45) is 0 Å². The molecule has 0 spiro atoms. The van der Waals surface area contributed by atoms with Crippen LogP contribution in [0.1, 0.15) is 31.2 Å². The minimum atomic E-state index is 0.756. The lowest BCUT2D eigenvalue weighted by Gasteiger charge is -2.08. The molecule has 1 aromatic carbocycles. The Morgan fingerprint density at radius 1 is 1.10 bits per heavy atom. The van der Waals surface area contributed by atoms with Crippen LogP contribution in [0.25, 0.3) is 11.0 Å². The number of aryl methyl sites for hydroxylation is 2. The Morgan fingerprint density at radius 2 is 1.90 bits per heavy atom. The van der Waals surface area contributed by atoms with Gasteiger partial charge < -0.3 is 10.3 Å². The van der Waals surface area contributed by atoms with E-state index in [4.69, 9.17) is 0 Å². The largest absolute Gasteiger partial charge is 0.346 e. The molecule has 0 aliphatic heterocycles. The highest BCUT2D eigenvalue weighted by atomic mass is 15.1. The summed E-state index contributed by atoms with van der Waals surface area (Å²) in [6, 6.07) is 10.6. The molecule has 21 heavy (non-hydrogen) atoms. The van der Waals surface area contributed by atoms with E-state index in [0.717, 1.165) is 34.8 Å². The normalized spacial score (nSPS) is 11.0. The van der Waals surface area contributed by atoms with Crippen molar-refractivity contribution in [2.45, 2.75) is 33.1 Å².